The number of aryl methyl sites for hydroxylation is 1. The summed E-state index contributed by atoms with van der Waals surface area (Å²) in [6.07, 6.45) is 0. The first-order valence-corrected chi connectivity index (χ1v) is 8.58. The van der Waals surface area contributed by atoms with E-state index in [4.69, 9.17) is 37.1 Å². The van der Waals surface area contributed by atoms with Gasteiger partial charge in [-0.05, 0) is 31.2 Å². The predicted molar refractivity (Wildman–Crippen MR) is 98.9 cm³/mol. The number of benzene rings is 2. The number of halogens is 2. The third kappa shape index (κ3) is 4.18. The molecule has 3 rings (SSSR count). The zero-order valence-electron chi connectivity index (χ0n) is 13.9. The van der Waals surface area contributed by atoms with E-state index in [2.05, 4.69) is 4.98 Å². The van der Waals surface area contributed by atoms with Crippen LogP contribution in [0.1, 0.15) is 16.2 Å². The maximum absolute atomic E-state index is 12.2. The number of carbonyl (C=O) groups excluding carboxylic acids is 1. The number of hydrogen-bond donors (Lipinski definition) is 0. The molecule has 1 aromatic heterocycles. The maximum atomic E-state index is 12.2. The van der Waals surface area contributed by atoms with Gasteiger partial charge in [0.2, 0.25) is 5.89 Å². The van der Waals surface area contributed by atoms with E-state index in [0.717, 1.165) is 5.56 Å². The van der Waals surface area contributed by atoms with Gasteiger partial charge in [-0.3, -0.25) is 0 Å². The second-order valence-electron chi connectivity index (χ2n) is 5.33. The molecular formula is C19H15Cl2NO4. The topological polar surface area (TPSA) is 61.6 Å². The van der Waals surface area contributed by atoms with Gasteiger partial charge >= 0.3 is 5.97 Å². The van der Waals surface area contributed by atoms with E-state index in [1.54, 1.807) is 25.1 Å². The van der Waals surface area contributed by atoms with E-state index in [0.29, 0.717) is 27.4 Å². The van der Waals surface area contributed by atoms with Crippen molar-refractivity contribution in [1.82, 2.24) is 4.98 Å². The molecule has 0 N–H and O–H groups in total. The van der Waals surface area contributed by atoms with E-state index in [1.807, 2.05) is 30.3 Å². The molecular weight excluding hydrogens is 377 g/mol. The summed E-state index contributed by atoms with van der Waals surface area (Å²) in [5.74, 6) is 0.538. The Morgan fingerprint density at radius 3 is 2.42 bits per heavy atom. The standard InChI is InChI=1S/C19H15Cl2NO4/c1-12-16(22-18(26-12)13-6-3-2-4-7-13)19(23)25-11-10-24-17-14(20)8-5-9-15(17)21/h2-9H,10-11H2,1H3. The number of esters is 1. The lowest BCUT2D eigenvalue weighted by molar-refractivity contribution is 0.0442. The largest absolute Gasteiger partial charge is 0.487 e. The van der Waals surface area contributed by atoms with Crippen molar-refractivity contribution in [2.24, 2.45) is 0 Å². The molecule has 2 aromatic carbocycles. The van der Waals surface area contributed by atoms with Gasteiger partial charge in [-0.2, -0.15) is 0 Å². The summed E-state index contributed by atoms with van der Waals surface area (Å²) in [4.78, 5) is 16.4. The van der Waals surface area contributed by atoms with Crippen LogP contribution in [-0.2, 0) is 4.74 Å². The van der Waals surface area contributed by atoms with Crippen LogP contribution in [0.3, 0.4) is 0 Å². The summed E-state index contributed by atoms with van der Waals surface area (Å²) >= 11 is 12.0. The molecule has 26 heavy (non-hydrogen) atoms. The lowest BCUT2D eigenvalue weighted by atomic mass is 10.2. The second kappa shape index (κ2) is 8.25. The van der Waals surface area contributed by atoms with Crippen LogP contribution in [0.15, 0.2) is 52.9 Å². The Bertz CT molecular complexity index is 889. The zero-order chi connectivity index (χ0) is 18.5. The SMILES string of the molecule is Cc1oc(-c2ccccc2)nc1C(=O)OCCOc1c(Cl)cccc1Cl. The molecule has 0 amide bonds. The Kier molecular flexibility index (Phi) is 5.81. The monoisotopic (exact) mass is 391 g/mol. The predicted octanol–water partition coefficient (Wildman–Crippen LogP) is 5.19. The molecule has 0 bridgehead atoms. The van der Waals surface area contributed by atoms with Crippen LogP contribution in [0.2, 0.25) is 10.0 Å². The van der Waals surface area contributed by atoms with E-state index in [1.165, 1.54) is 0 Å². The van der Waals surface area contributed by atoms with E-state index in [9.17, 15) is 4.79 Å². The Labute approximate surface area is 160 Å². The molecule has 0 saturated heterocycles. The quantitative estimate of drug-likeness (QED) is 0.427. The first kappa shape index (κ1) is 18.3. The molecule has 0 aliphatic rings. The van der Waals surface area contributed by atoms with E-state index in [-0.39, 0.29) is 18.9 Å². The Hall–Kier alpha value is -2.50. The average Bonchev–Trinajstić information content (AvgIpc) is 3.03. The summed E-state index contributed by atoms with van der Waals surface area (Å²) in [6, 6.07) is 14.4. The highest BCUT2D eigenvalue weighted by Gasteiger charge is 2.19. The van der Waals surface area contributed by atoms with Crippen molar-refractivity contribution in [2.75, 3.05) is 13.2 Å². The molecule has 0 atom stereocenters. The summed E-state index contributed by atoms with van der Waals surface area (Å²) < 4.78 is 16.2. The molecule has 0 saturated carbocycles. The molecule has 1 heterocycles. The third-order valence-corrected chi connectivity index (χ3v) is 4.09. The molecule has 5 nitrogen and oxygen atoms in total. The number of carbonyl (C=O) groups is 1. The van der Waals surface area contributed by atoms with Gasteiger partial charge in [0.15, 0.2) is 11.4 Å². The second-order valence-corrected chi connectivity index (χ2v) is 6.14. The average molecular weight is 392 g/mol. The molecule has 0 radical (unpaired) electrons. The van der Waals surface area contributed by atoms with Gasteiger partial charge < -0.3 is 13.9 Å². The van der Waals surface area contributed by atoms with E-state index < -0.39 is 5.97 Å². The summed E-state index contributed by atoms with van der Waals surface area (Å²) in [6.45, 7) is 1.79. The fraction of sp³-hybridized carbons (Fsp3) is 0.158. The minimum Gasteiger partial charge on any atom is -0.487 e. The molecule has 0 fully saturated rings. The van der Waals surface area contributed by atoms with Gasteiger partial charge in [0, 0.05) is 5.56 Å². The molecule has 0 aliphatic heterocycles. The van der Waals surface area contributed by atoms with Crippen LogP contribution >= 0.6 is 23.2 Å². The molecule has 0 aliphatic carbocycles. The van der Waals surface area contributed by atoms with Crippen molar-refractivity contribution in [3.8, 4) is 17.2 Å². The van der Waals surface area contributed by atoms with Crippen LogP contribution in [0.4, 0.5) is 0 Å². The molecule has 7 heteroatoms. The lowest BCUT2D eigenvalue weighted by Gasteiger charge is -2.09. The number of oxazole rings is 1. The van der Waals surface area contributed by atoms with E-state index >= 15 is 0 Å². The number of hydrogen-bond acceptors (Lipinski definition) is 5. The zero-order valence-corrected chi connectivity index (χ0v) is 15.4. The molecule has 3 aromatic rings. The normalized spacial score (nSPS) is 10.6. The Morgan fingerprint density at radius 1 is 1.04 bits per heavy atom. The minimum absolute atomic E-state index is 0.0212. The van der Waals surface area contributed by atoms with Crippen LogP contribution in [0.25, 0.3) is 11.5 Å². The van der Waals surface area contributed by atoms with Gasteiger partial charge in [-0.25, -0.2) is 9.78 Å². The van der Waals surface area contributed by atoms with Crippen molar-refractivity contribution in [2.45, 2.75) is 6.92 Å². The molecule has 0 spiro atoms. The fourth-order valence-corrected chi connectivity index (χ4v) is 2.76. The van der Waals surface area contributed by atoms with Crippen LogP contribution in [0.5, 0.6) is 5.75 Å². The summed E-state index contributed by atoms with van der Waals surface area (Å²) in [7, 11) is 0. The van der Waals surface area contributed by atoms with Crippen LogP contribution < -0.4 is 4.74 Å². The number of para-hydroxylation sites is 1. The first-order valence-electron chi connectivity index (χ1n) is 7.83. The Morgan fingerprint density at radius 2 is 1.73 bits per heavy atom. The van der Waals surface area contributed by atoms with Gasteiger partial charge in [0.05, 0.1) is 10.0 Å². The number of ether oxygens (including phenoxy) is 2. The van der Waals surface area contributed by atoms with Crippen molar-refractivity contribution >= 4 is 29.2 Å². The van der Waals surface area contributed by atoms with Crippen LogP contribution in [-0.4, -0.2) is 24.2 Å². The van der Waals surface area contributed by atoms with Crippen molar-refractivity contribution in [3.63, 3.8) is 0 Å². The lowest BCUT2D eigenvalue weighted by Crippen LogP contribution is -2.13. The van der Waals surface area contributed by atoms with Gasteiger partial charge in [0.1, 0.15) is 19.0 Å². The number of aromatic nitrogens is 1. The van der Waals surface area contributed by atoms with Crippen molar-refractivity contribution in [1.29, 1.82) is 0 Å². The highest BCUT2D eigenvalue weighted by atomic mass is 35.5. The third-order valence-electron chi connectivity index (χ3n) is 3.49. The highest BCUT2D eigenvalue weighted by molar-refractivity contribution is 6.37. The summed E-state index contributed by atoms with van der Waals surface area (Å²) in [5.41, 5.74) is 0.922. The van der Waals surface area contributed by atoms with Gasteiger partial charge in [0.25, 0.3) is 0 Å². The highest BCUT2D eigenvalue weighted by Crippen LogP contribution is 2.32. The smallest absolute Gasteiger partial charge is 0.360 e. The van der Waals surface area contributed by atoms with Crippen LogP contribution in [0, 0.1) is 6.92 Å². The van der Waals surface area contributed by atoms with Crippen molar-refractivity contribution < 1.29 is 18.7 Å². The first-order chi connectivity index (χ1) is 12.6. The number of rotatable bonds is 6. The van der Waals surface area contributed by atoms with Gasteiger partial charge in [-0.1, -0.05) is 47.5 Å². The minimum atomic E-state index is -0.581. The van der Waals surface area contributed by atoms with Gasteiger partial charge in [-0.15, -0.1) is 0 Å². The molecule has 0 unspecified atom stereocenters. The summed E-state index contributed by atoms with van der Waals surface area (Å²) in [5, 5.41) is 0.785. The maximum Gasteiger partial charge on any atom is 0.360 e. The number of nitrogens with zero attached hydrogens (tertiary/aromatic N) is 1. The fourth-order valence-electron chi connectivity index (χ4n) is 2.26. The van der Waals surface area contributed by atoms with Crippen molar-refractivity contribution in [3.05, 3.63) is 70.0 Å². The molecule has 134 valence electrons. The Balaban J connectivity index is 1.58.